The third kappa shape index (κ3) is 4.67. The van der Waals surface area contributed by atoms with Gasteiger partial charge in [-0.1, -0.05) is 19.8 Å². The van der Waals surface area contributed by atoms with Crippen molar-refractivity contribution in [2.45, 2.75) is 52.0 Å². The second kappa shape index (κ2) is 8.29. The molecular weight excluding hydrogens is 296 g/mol. The minimum atomic E-state index is -0.323. The Hall–Kier alpha value is -1.63. The molecular formula is C16H28N4O3. The SMILES string of the molecule is CCC(=O)NNC(=O)[C@@H](C)N1CCN(C(=O)C2CCCC2)CC1. The molecule has 0 aromatic carbocycles. The van der Waals surface area contributed by atoms with Crippen LogP contribution in [0.1, 0.15) is 46.0 Å². The van der Waals surface area contributed by atoms with Gasteiger partial charge in [-0.25, -0.2) is 0 Å². The van der Waals surface area contributed by atoms with Crippen LogP contribution in [0.5, 0.6) is 0 Å². The van der Waals surface area contributed by atoms with Gasteiger partial charge in [0.15, 0.2) is 0 Å². The molecule has 3 amide bonds. The highest BCUT2D eigenvalue weighted by molar-refractivity contribution is 5.85. The number of hydrazine groups is 1. The normalized spacial score (nSPS) is 21.0. The Morgan fingerprint density at radius 1 is 1.04 bits per heavy atom. The quantitative estimate of drug-likeness (QED) is 0.727. The van der Waals surface area contributed by atoms with Crippen molar-refractivity contribution in [2.75, 3.05) is 26.2 Å². The van der Waals surface area contributed by atoms with Gasteiger partial charge in [-0.3, -0.25) is 30.1 Å². The molecule has 1 atom stereocenters. The third-order valence-electron chi connectivity index (χ3n) is 4.90. The molecule has 1 saturated heterocycles. The number of nitrogens with one attached hydrogen (secondary N) is 2. The Labute approximate surface area is 137 Å². The van der Waals surface area contributed by atoms with Crippen LogP contribution in [0.3, 0.4) is 0 Å². The lowest BCUT2D eigenvalue weighted by molar-refractivity contribution is -0.138. The van der Waals surface area contributed by atoms with Crippen molar-refractivity contribution >= 4 is 17.7 Å². The van der Waals surface area contributed by atoms with Gasteiger partial charge >= 0.3 is 0 Å². The van der Waals surface area contributed by atoms with Crippen molar-refractivity contribution in [3.05, 3.63) is 0 Å². The van der Waals surface area contributed by atoms with E-state index in [0.717, 1.165) is 25.7 Å². The van der Waals surface area contributed by atoms with E-state index < -0.39 is 0 Å². The molecule has 0 unspecified atom stereocenters. The molecule has 2 N–H and O–H groups in total. The zero-order valence-electron chi connectivity index (χ0n) is 14.1. The van der Waals surface area contributed by atoms with Crippen molar-refractivity contribution in [1.29, 1.82) is 0 Å². The number of carbonyl (C=O) groups is 3. The molecule has 7 heteroatoms. The van der Waals surface area contributed by atoms with Crippen LogP contribution in [-0.4, -0.2) is 59.7 Å². The third-order valence-corrected chi connectivity index (χ3v) is 4.90. The van der Waals surface area contributed by atoms with Crippen LogP contribution in [0.25, 0.3) is 0 Å². The summed E-state index contributed by atoms with van der Waals surface area (Å²) in [6.45, 7) is 6.28. The van der Waals surface area contributed by atoms with Gasteiger partial charge in [-0.05, 0) is 19.8 Å². The lowest BCUT2D eigenvalue weighted by Crippen LogP contribution is -2.57. The van der Waals surface area contributed by atoms with Gasteiger partial charge < -0.3 is 4.90 Å². The van der Waals surface area contributed by atoms with Crippen LogP contribution < -0.4 is 10.9 Å². The first-order chi connectivity index (χ1) is 11.0. The van der Waals surface area contributed by atoms with Gasteiger partial charge in [0.2, 0.25) is 11.8 Å². The van der Waals surface area contributed by atoms with E-state index >= 15 is 0 Å². The molecule has 0 spiro atoms. The van der Waals surface area contributed by atoms with Crippen LogP contribution in [0.4, 0.5) is 0 Å². The summed E-state index contributed by atoms with van der Waals surface area (Å²) in [6.07, 6.45) is 4.70. The summed E-state index contributed by atoms with van der Waals surface area (Å²) in [5, 5.41) is 0. The fourth-order valence-corrected chi connectivity index (χ4v) is 3.25. The first-order valence-electron chi connectivity index (χ1n) is 8.64. The largest absolute Gasteiger partial charge is 0.340 e. The molecule has 2 fully saturated rings. The van der Waals surface area contributed by atoms with E-state index in [1.54, 1.807) is 6.92 Å². The zero-order valence-corrected chi connectivity index (χ0v) is 14.1. The Kier molecular flexibility index (Phi) is 6.38. The van der Waals surface area contributed by atoms with Crippen molar-refractivity contribution in [1.82, 2.24) is 20.7 Å². The first kappa shape index (κ1) is 17.7. The predicted octanol–water partition coefficient (Wildman–Crippen LogP) is 0.267. The van der Waals surface area contributed by atoms with Crippen LogP contribution >= 0.6 is 0 Å². The van der Waals surface area contributed by atoms with Crippen molar-refractivity contribution in [3.63, 3.8) is 0 Å². The predicted molar refractivity (Wildman–Crippen MR) is 86.1 cm³/mol. The Morgan fingerprint density at radius 2 is 1.65 bits per heavy atom. The lowest BCUT2D eigenvalue weighted by atomic mass is 10.1. The van der Waals surface area contributed by atoms with E-state index in [9.17, 15) is 14.4 Å². The van der Waals surface area contributed by atoms with E-state index in [1.807, 2.05) is 16.7 Å². The topological polar surface area (TPSA) is 81.8 Å². The Morgan fingerprint density at radius 3 is 2.22 bits per heavy atom. The fraction of sp³-hybridized carbons (Fsp3) is 0.812. The molecule has 1 aliphatic carbocycles. The highest BCUT2D eigenvalue weighted by Gasteiger charge is 2.31. The van der Waals surface area contributed by atoms with Gasteiger partial charge in [0.25, 0.3) is 5.91 Å². The molecule has 2 aliphatic rings. The van der Waals surface area contributed by atoms with E-state index in [2.05, 4.69) is 10.9 Å². The Bertz CT molecular complexity index is 441. The zero-order chi connectivity index (χ0) is 16.8. The van der Waals surface area contributed by atoms with Gasteiger partial charge in [0, 0.05) is 38.5 Å². The number of nitrogens with zero attached hydrogens (tertiary/aromatic N) is 2. The maximum atomic E-state index is 12.4. The molecule has 0 aromatic heterocycles. The second-order valence-corrected chi connectivity index (χ2v) is 6.41. The number of hydrogen-bond donors (Lipinski definition) is 2. The summed E-state index contributed by atoms with van der Waals surface area (Å²) >= 11 is 0. The first-order valence-corrected chi connectivity index (χ1v) is 8.64. The van der Waals surface area contributed by atoms with E-state index in [4.69, 9.17) is 0 Å². The minimum Gasteiger partial charge on any atom is -0.340 e. The molecule has 7 nitrogen and oxygen atoms in total. The Balaban J connectivity index is 1.75. The summed E-state index contributed by atoms with van der Waals surface area (Å²) in [6, 6.07) is -0.323. The van der Waals surface area contributed by atoms with Crippen LogP contribution in [0.15, 0.2) is 0 Å². The van der Waals surface area contributed by atoms with Gasteiger partial charge in [-0.2, -0.15) is 0 Å². The maximum absolute atomic E-state index is 12.4. The van der Waals surface area contributed by atoms with Gasteiger partial charge in [0.1, 0.15) is 0 Å². The number of piperazine rings is 1. The van der Waals surface area contributed by atoms with Crippen molar-refractivity contribution < 1.29 is 14.4 Å². The smallest absolute Gasteiger partial charge is 0.255 e. The molecule has 23 heavy (non-hydrogen) atoms. The maximum Gasteiger partial charge on any atom is 0.255 e. The van der Waals surface area contributed by atoms with Crippen molar-refractivity contribution in [2.24, 2.45) is 5.92 Å². The monoisotopic (exact) mass is 324 g/mol. The number of carbonyl (C=O) groups excluding carboxylic acids is 3. The molecule has 130 valence electrons. The summed E-state index contributed by atoms with van der Waals surface area (Å²) in [5.74, 6) is 0.0703. The lowest BCUT2D eigenvalue weighted by Gasteiger charge is -2.38. The molecule has 1 saturated carbocycles. The highest BCUT2D eigenvalue weighted by Crippen LogP contribution is 2.27. The van der Waals surface area contributed by atoms with Crippen molar-refractivity contribution in [3.8, 4) is 0 Å². The standard InChI is InChI=1S/C16H28N4O3/c1-3-14(21)17-18-15(22)12(2)19-8-10-20(11-9-19)16(23)13-6-4-5-7-13/h12-13H,3-11H2,1-2H3,(H,17,21)(H,18,22)/t12-/m1/s1. The van der Waals surface area contributed by atoms with Crippen LogP contribution in [0, 0.1) is 5.92 Å². The van der Waals surface area contributed by atoms with Gasteiger partial charge in [0.05, 0.1) is 6.04 Å². The van der Waals surface area contributed by atoms with E-state index in [0.29, 0.717) is 32.6 Å². The molecule has 0 aromatic rings. The number of hydrogen-bond acceptors (Lipinski definition) is 4. The van der Waals surface area contributed by atoms with E-state index in [-0.39, 0.29) is 29.7 Å². The summed E-state index contributed by atoms with van der Waals surface area (Å²) in [7, 11) is 0. The second-order valence-electron chi connectivity index (χ2n) is 6.41. The fourth-order valence-electron chi connectivity index (χ4n) is 3.25. The summed E-state index contributed by atoms with van der Waals surface area (Å²) < 4.78 is 0. The van der Waals surface area contributed by atoms with Crippen LogP contribution in [-0.2, 0) is 14.4 Å². The minimum absolute atomic E-state index is 0.211. The molecule has 1 aliphatic heterocycles. The number of amides is 3. The molecule has 0 bridgehead atoms. The van der Waals surface area contributed by atoms with Gasteiger partial charge in [-0.15, -0.1) is 0 Å². The summed E-state index contributed by atoms with van der Waals surface area (Å²) in [4.78, 5) is 39.6. The van der Waals surface area contributed by atoms with Crippen LogP contribution in [0.2, 0.25) is 0 Å². The highest BCUT2D eigenvalue weighted by atomic mass is 16.2. The molecule has 1 heterocycles. The molecule has 2 rings (SSSR count). The average molecular weight is 324 g/mol. The van der Waals surface area contributed by atoms with E-state index in [1.165, 1.54) is 0 Å². The molecule has 0 radical (unpaired) electrons. The average Bonchev–Trinajstić information content (AvgIpc) is 3.12. The number of rotatable bonds is 4. The summed E-state index contributed by atoms with van der Waals surface area (Å²) in [5.41, 5.74) is 4.83.